The fourth-order valence-electron chi connectivity index (χ4n) is 3.24. The molecule has 5 nitrogen and oxygen atoms in total. The summed E-state index contributed by atoms with van der Waals surface area (Å²) in [6.45, 7) is 0. The van der Waals surface area contributed by atoms with Crippen LogP contribution in [0.2, 0.25) is 20.1 Å². The van der Waals surface area contributed by atoms with Gasteiger partial charge in [0, 0.05) is 21.2 Å². The van der Waals surface area contributed by atoms with Crippen LogP contribution in [0.1, 0.15) is 16.7 Å². The molecular formula is C19H12Cl4O5S. The lowest BCUT2D eigenvalue weighted by molar-refractivity contribution is 0.428. The fraction of sp³-hybridized carbons (Fsp3) is 0.0526. The van der Waals surface area contributed by atoms with Crippen molar-refractivity contribution >= 4 is 56.5 Å². The number of hydrogen-bond acceptors (Lipinski definition) is 4. The summed E-state index contributed by atoms with van der Waals surface area (Å²) in [6, 6.07) is 11.9. The van der Waals surface area contributed by atoms with E-state index in [1.807, 2.05) is 0 Å². The highest BCUT2D eigenvalue weighted by atomic mass is 35.5. The lowest BCUT2D eigenvalue weighted by Gasteiger charge is -2.34. The molecule has 3 aromatic rings. The highest BCUT2D eigenvalue weighted by Gasteiger charge is 2.53. The molecule has 0 aromatic heterocycles. The van der Waals surface area contributed by atoms with Crippen molar-refractivity contribution in [2.75, 3.05) is 0 Å². The molecule has 1 atom stereocenters. The Morgan fingerprint density at radius 1 is 0.828 bits per heavy atom. The second-order valence-corrected chi connectivity index (χ2v) is 9.25. The largest absolute Gasteiger partial charge is 0.508 e. The summed E-state index contributed by atoms with van der Waals surface area (Å²) in [5.41, 5.74) is -0.857. The molecule has 152 valence electrons. The predicted molar refractivity (Wildman–Crippen MR) is 114 cm³/mol. The molecule has 0 heterocycles. The number of rotatable bonds is 4. The maximum atomic E-state index is 13.0. The quantitative estimate of drug-likeness (QED) is 0.311. The Labute approximate surface area is 186 Å². The Bertz CT molecular complexity index is 1190. The molecule has 0 amide bonds. The van der Waals surface area contributed by atoms with E-state index in [0.717, 1.165) is 0 Å². The molecule has 3 N–H and O–H groups in total. The van der Waals surface area contributed by atoms with E-state index in [0.29, 0.717) is 0 Å². The normalized spacial score (nSPS) is 13.8. The first kappa shape index (κ1) is 22.0. The van der Waals surface area contributed by atoms with Gasteiger partial charge >= 0.3 is 0 Å². The van der Waals surface area contributed by atoms with Crippen LogP contribution in [0.25, 0.3) is 0 Å². The first-order valence-corrected chi connectivity index (χ1v) is 10.9. The van der Waals surface area contributed by atoms with Gasteiger partial charge in [-0.25, -0.2) is 0 Å². The standard InChI is InChI=1S/C19H12Cl4O5S/c20-11-4-1-3-10(9-11)19(29(26,27)28,16-13(21)5-2-6-15(16)24)12-7-8-14(22)17(23)18(12)25/h1-9,24-25H,(H,26,27,28). The summed E-state index contributed by atoms with van der Waals surface area (Å²) < 4.78 is 33.9. The van der Waals surface area contributed by atoms with Gasteiger partial charge in [0.25, 0.3) is 10.1 Å². The minimum absolute atomic E-state index is 0.0494. The number of benzene rings is 3. The van der Waals surface area contributed by atoms with Gasteiger partial charge in [0.2, 0.25) is 0 Å². The van der Waals surface area contributed by atoms with Crippen molar-refractivity contribution in [3.8, 4) is 11.5 Å². The lowest BCUT2D eigenvalue weighted by atomic mass is 9.83. The molecule has 0 aliphatic carbocycles. The third-order valence-electron chi connectivity index (χ3n) is 4.41. The summed E-state index contributed by atoms with van der Waals surface area (Å²) in [7, 11) is -5.16. The zero-order valence-electron chi connectivity index (χ0n) is 14.3. The molecule has 0 aliphatic rings. The van der Waals surface area contributed by atoms with Gasteiger partial charge in [-0.2, -0.15) is 8.42 Å². The monoisotopic (exact) mass is 492 g/mol. The van der Waals surface area contributed by atoms with Crippen LogP contribution in [0, 0.1) is 0 Å². The number of hydrogen-bond donors (Lipinski definition) is 3. The zero-order chi connectivity index (χ0) is 21.6. The van der Waals surface area contributed by atoms with Crippen LogP contribution in [0.5, 0.6) is 11.5 Å². The van der Waals surface area contributed by atoms with Gasteiger partial charge in [0.1, 0.15) is 16.5 Å². The average molecular weight is 494 g/mol. The van der Waals surface area contributed by atoms with Gasteiger partial charge in [-0.05, 0) is 35.9 Å². The SMILES string of the molecule is O=S(=O)(O)C(c1cccc(Cl)c1)(c1ccc(Cl)c(Cl)c1O)c1c(O)cccc1Cl. The minimum Gasteiger partial charge on any atom is -0.508 e. The summed E-state index contributed by atoms with van der Waals surface area (Å²) in [5.74, 6) is -1.25. The van der Waals surface area contributed by atoms with E-state index in [-0.39, 0.29) is 36.8 Å². The van der Waals surface area contributed by atoms with Gasteiger partial charge < -0.3 is 10.2 Å². The van der Waals surface area contributed by atoms with Crippen LogP contribution < -0.4 is 0 Å². The minimum atomic E-state index is -5.16. The molecule has 0 bridgehead atoms. The first-order valence-electron chi connectivity index (χ1n) is 7.90. The number of phenolic OH excluding ortho intramolecular Hbond substituents is 2. The van der Waals surface area contributed by atoms with Crippen molar-refractivity contribution in [1.82, 2.24) is 0 Å². The summed E-state index contributed by atoms with van der Waals surface area (Å²) in [5, 5.41) is 20.8. The Morgan fingerprint density at radius 2 is 1.48 bits per heavy atom. The van der Waals surface area contributed by atoms with E-state index in [1.54, 1.807) is 0 Å². The molecule has 10 heteroatoms. The van der Waals surface area contributed by atoms with Crippen LogP contribution in [0.4, 0.5) is 0 Å². The molecule has 0 saturated carbocycles. The molecule has 0 saturated heterocycles. The van der Waals surface area contributed by atoms with Gasteiger partial charge in [0.05, 0.1) is 5.02 Å². The van der Waals surface area contributed by atoms with E-state index in [4.69, 9.17) is 46.4 Å². The van der Waals surface area contributed by atoms with Crippen LogP contribution in [-0.4, -0.2) is 23.2 Å². The summed E-state index contributed by atoms with van der Waals surface area (Å²) >= 11 is 24.3. The van der Waals surface area contributed by atoms with Crippen LogP contribution in [0.3, 0.4) is 0 Å². The van der Waals surface area contributed by atoms with E-state index in [2.05, 4.69) is 0 Å². The van der Waals surface area contributed by atoms with Crippen LogP contribution >= 0.6 is 46.4 Å². The summed E-state index contributed by atoms with van der Waals surface area (Å²) in [4.78, 5) is 0. The van der Waals surface area contributed by atoms with E-state index in [1.165, 1.54) is 54.6 Å². The van der Waals surface area contributed by atoms with Crippen molar-refractivity contribution in [2.24, 2.45) is 0 Å². The number of halogens is 4. The van der Waals surface area contributed by atoms with Crippen molar-refractivity contribution in [3.63, 3.8) is 0 Å². The van der Waals surface area contributed by atoms with Crippen molar-refractivity contribution < 1.29 is 23.2 Å². The fourth-order valence-corrected chi connectivity index (χ4v) is 5.46. The Kier molecular flexibility index (Phi) is 5.98. The molecule has 1 unspecified atom stereocenters. The van der Waals surface area contributed by atoms with Gasteiger partial charge in [0.15, 0.2) is 4.75 Å². The second-order valence-electron chi connectivity index (χ2n) is 6.06. The van der Waals surface area contributed by atoms with Gasteiger partial charge in [-0.1, -0.05) is 70.7 Å². The molecule has 29 heavy (non-hydrogen) atoms. The van der Waals surface area contributed by atoms with Crippen LogP contribution in [-0.2, 0) is 14.9 Å². The van der Waals surface area contributed by atoms with Crippen molar-refractivity contribution in [3.05, 3.63) is 91.4 Å². The maximum Gasteiger partial charge on any atom is 0.283 e. The van der Waals surface area contributed by atoms with Gasteiger partial charge in [-0.15, -0.1) is 0 Å². The van der Waals surface area contributed by atoms with Crippen LogP contribution in [0.15, 0.2) is 54.6 Å². The molecule has 0 spiro atoms. The number of phenols is 2. The van der Waals surface area contributed by atoms with E-state index < -0.39 is 26.4 Å². The third-order valence-corrected chi connectivity index (χ3v) is 7.19. The number of aromatic hydroxyl groups is 2. The Hall–Kier alpha value is -1.67. The summed E-state index contributed by atoms with van der Waals surface area (Å²) in [6.07, 6.45) is 0. The molecule has 0 radical (unpaired) electrons. The van der Waals surface area contributed by atoms with Gasteiger partial charge in [-0.3, -0.25) is 4.55 Å². The van der Waals surface area contributed by atoms with E-state index in [9.17, 15) is 23.2 Å². The smallest absolute Gasteiger partial charge is 0.283 e. The zero-order valence-corrected chi connectivity index (χ0v) is 18.1. The third kappa shape index (κ3) is 3.54. The molecule has 3 aromatic carbocycles. The maximum absolute atomic E-state index is 13.0. The predicted octanol–water partition coefficient (Wildman–Crippen LogP) is 5.89. The Morgan fingerprint density at radius 3 is 2.07 bits per heavy atom. The van der Waals surface area contributed by atoms with Crippen molar-refractivity contribution in [2.45, 2.75) is 4.75 Å². The molecule has 3 rings (SSSR count). The second kappa shape index (κ2) is 7.87. The molecule has 0 aliphatic heterocycles. The van der Waals surface area contributed by atoms with E-state index >= 15 is 0 Å². The molecule has 0 fully saturated rings. The average Bonchev–Trinajstić information content (AvgIpc) is 2.63. The topological polar surface area (TPSA) is 94.8 Å². The highest BCUT2D eigenvalue weighted by Crippen LogP contribution is 2.53. The highest BCUT2D eigenvalue weighted by molar-refractivity contribution is 7.87. The lowest BCUT2D eigenvalue weighted by Crippen LogP contribution is -2.38. The first-order chi connectivity index (χ1) is 13.5. The van der Waals surface area contributed by atoms with Crippen molar-refractivity contribution in [1.29, 1.82) is 0 Å². The molecular weight excluding hydrogens is 482 g/mol. The Balaban J connectivity index is 2.66.